The van der Waals surface area contributed by atoms with Crippen molar-refractivity contribution in [1.82, 2.24) is 4.90 Å². The lowest BCUT2D eigenvalue weighted by molar-refractivity contribution is -0.131. The molecular formula is C13H18N2OS. The van der Waals surface area contributed by atoms with E-state index >= 15 is 0 Å². The minimum Gasteiger partial charge on any atom is -0.333 e. The number of nitrogens with zero attached hydrogens (tertiary/aromatic N) is 1. The first-order valence-electron chi connectivity index (χ1n) is 5.83. The molecule has 1 saturated heterocycles. The molecule has 0 saturated carbocycles. The molecule has 1 amide bonds. The quantitative estimate of drug-likeness (QED) is 0.882. The highest BCUT2D eigenvalue weighted by Gasteiger charge is 2.27. The molecule has 1 aromatic rings. The minimum absolute atomic E-state index is 0.183. The molecule has 1 atom stereocenters. The molecule has 1 aliphatic heterocycles. The summed E-state index contributed by atoms with van der Waals surface area (Å²) in [6.07, 6.45) is 0. The normalized spacial score (nSPS) is 20.7. The van der Waals surface area contributed by atoms with Crippen molar-refractivity contribution in [2.45, 2.75) is 19.5 Å². The van der Waals surface area contributed by atoms with Crippen LogP contribution in [0.4, 0.5) is 0 Å². The van der Waals surface area contributed by atoms with Crippen LogP contribution in [0.1, 0.15) is 11.1 Å². The van der Waals surface area contributed by atoms with Gasteiger partial charge in [0.1, 0.15) is 0 Å². The van der Waals surface area contributed by atoms with Gasteiger partial charge in [0, 0.05) is 18.8 Å². The minimum atomic E-state index is 0.183. The van der Waals surface area contributed by atoms with Gasteiger partial charge in [-0.3, -0.25) is 4.79 Å². The van der Waals surface area contributed by atoms with Crippen molar-refractivity contribution in [2.75, 3.05) is 18.1 Å². The van der Waals surface area contributed by atoms with Gasteiger partial charge in [0.25, 0.3) is 0 Å². The van der Waals surface area contributed by atoms with Gasteiger partial charge in [-0.25, -0.2) is 0 Å². The maximum atomic E-state index is 11.9. The lowest BCUT2D eigenvalue weighted by Crippen LogP contribution is -2.49. The Balaban J connectivity index is 2.09. The Labute approximate surface area is 106 Å². The van der Waals surface area contributed by atoms with Gasteiger partial charge in [-0.05, 0) is 12.5 Å². The largest absolute Gasteiger partial charge is 0.333 e. The highest BCUT2D eigenvalue weighted by molar-refractivity contribution is 8.00. The summed E-state index contributed by atoms with van der Waals surface area (Å²) in [5.74, 6) is 1.74. The van der Waals surface area contributed by atoms with Crippen molar-refractivity contribution in [1.29, 1.82) is 0 Å². The lowest BCUT2D eigenvalue weighted by Gasteiger charge is -2.34. The summed E-state index contributed by atoms with van der Waals surface area (Å²) in [5.41, 5.74) is 8.14. The Kier molecular flexibility index (Phi) is 4.07. The fraction of sp³-hybridized carbons (Fsp3) is 0.462. The molecule has 0 bridgehead atoms. The first-order valence-corrected chi connectivity index (χ1v) is 6.99. The summed E-state index contributed by atoms with van der Waals surface area (Å²) in [7, 11) is 0. The molecule has 1 heterocycles. The van der Waals surface area contributed by atoms with Crippen LogP contribution in [-0.4, -0.2) is 34.9 Å². The molecule has 92 valence electrons. The van der Waals surface area contributed by atoms with E-state index < -0.39 is 0 Å². The van der Waals surface area contributed by atoms with E-state index in [1.165, 1.54) is 11.1 Å². The van der Waals surface area contributed by atoms with Gasteiger partial charge in [-0.15, -0.1) is 11.8 Å². The molecule has 3 nitrogen and oxygen atoms in total. The zero-order chi connectivity index (χ0) is 12.3. The Morgan fingerprint density at radius 1 is 1.41 bits per heavy atom. The molecule has 1 fully saturated rings. The van der Waals surface area contributed by atoms with Gasteiger partial charge in [-0.1, -0.05) is 29.8 Å². The number of carbonyl (C=O) groups excluding carboxylic acids is 1. The zero-order valence-corrected chi connectivity index (χ0v) is 10.9. The molecule has 17 heavy (non-hydrogen) atoms. The Bertz CT molecular complexity index is 391. The predicted molar refractivity (Wildman–Crippen MR) is 71.9 cm³/mol. The monoisotopic (exact) mass is 250 g/mol. The van der Waals surface area contributed by atoms with Crippen molar-refractivity contribution in [3.05, 3.63) is 35.4 Å². The molecule has 2 rings (SSSR count). The van der Waals surface area contributed by atoms with Gasteiger partial charge in [0.05, 0.1) is 11.8 Å². The van der Waals surface area contributed by atoms with E-state index in [1.807, 2.05) is 4.90 Å². The Morgan fingerprint density at radius 3 is 2.76 bits per heavy atom. The first kappa shape index (κ1) is 12.5. The number of aryl methyl sites for hydroxylation is 1. The van der Waals surface area contributed by atoms with Crippen LogP contribution in [-0.2, 0) is 11.3 Å². The third-order valence-electron chi connectivity index (χ3n) is 3.04. The van der Waals surface area contributed by atoms with Gasteiger partial charge in [0.15, 0.2) is 0 Å². The molecule has 0 spiro atoms. The van der Waals surface area contributed by atoms with Gasteiger partial charge in [0.2, 0.25) is 5.91 Å². The van der Waals surface area contributed by atoms with Crippen LogP contribution >= 0.6 is 11.8 Å². The fourth-order valence-corrected chi connectivity index (χ4v) is 3.01. The summed E-state index contributed by atoms with van der Waals surface area (Å²) in [6.45, 7) is 3.29. The van der Waals surface area contributed by atoms with E-state index in [4.69, 9.17) is 5.73 Å². The van der Waals surface area contributed by atoms with Crippen LogP contribution in [0, 0.1) is 6.92 Å². The second-order valence-electron chi connectivity index (χ2n) is 4.41. The highest BCUT2D eigenvalue weighted by atomic mass is 32.2. The number of thioether (sulfide) groups is 1. The molecule has 1 aliphatic rings. The molecular weight excluding hydrogens is 232 g/mol. The number of carbonyl (C=O) groups is 1. The van der Waals surface area contributed by atoms with E-state index in [2.05, 4.69) is 31.2 Å². The van der Waals surface area contributed by atoms with Gasteiger partial charge < -0.3 is 10.6 Å². The third kappa shape index (κ3) is 3.01. The average Bonchev–Trinajstić information content (AvgIpc) is 2.34. The molecule has 1 unspecified atom stereocenters. The van der Waals surface area contributed by atoms with Crippen LogP contribution in [0.15, 0.2) is 24.3 Å². The second-order valence-corrected chi connectivity index (χ2v) is 5.44. The van der Waals surface area contributed by atoms with Crippen molar-refractivity contribution >= 4 is 17.7 Å². The van der Waals surface area contributed by atoms with Gasteiger partial charge >= 0.3 is 0 Å². The fourth-order valence-electron chi connectivity index (χ4n) is 1.96. The van der Waals surface area contributed by atoms with Gasteiger partial charge in [-0.2, -0.15) is 0 Å². The lowest BCUT2D eigenvalue weighted by atomic mass is 10.1. The van der Waals surface area contributed by atoms with Crippen LogP contribution in [0.3, 0.4) is 0 Å². The molecule has 0 aliphatic carbocycles. The Hall–Kier alpha value is -1.00. The predicted octanol–water partition coefficient (Wildman–Crippen LogP) is 1.40. The standard InChI is InChI=1S/C13H18N2OS/c1-10-2-4-11(5-3-10)7-15-12(6-14)8-17-9-13(15)16/h2-5,12H,6-9,14H2,1H3. The summed E-state index contributed by atoms with van der Waals surface area (Å²) < 4.78 is 0. The van der Waals surface area contributed by atoms with E-state index in [-0.39, 0.29) is 11.9 Å². The smallest absolute Gasteiger partial charge is 0.233 e. The first-order chi connectivity index (χ1) is 8.20. The molecule has 0 radical (unpaired) electrons. The molecule has 4 heteroatoms. The zero-order valence-electron chi connectivity index (χ0n) is 10.1. The van der Waals surface area contributed by atoms with Crippen molar-refractivity contribution in [2.24, 2.45) is 5.73 Å². The SMILES string of the molecule is Cc1ccc(CN2C(=O)CSCC2CN)cc1. The Morgan fingerprint density at radius 2 is 2.12 bits per heavy atom. The molecule has 2 N–H and O–H groups in total. The van der Waals surface area contributed by atoms with E-state index in [0.717, 1.165) is 5.75 Å². The summed E-state index contributed by atoms with van der Waals surface area (Å²) in [4.78, 5) is 13.8. The number of hydrogen-bond donors (Lipinski definition) is 1. The van der Waals surface area contributed by atoms with Crippen LogP contribution < -0.4 is 5.73 Å². The summed E-state index contributed by atoms with van der Waals surface area (Å²) in [5, 5.41) is 0. The maximum absolute atomic E-state index is 11.9. The van der Waals surface area contributed by atoms with E-state index in [1.54, 1.807) is 11.8 Å². The van der Waals surface area contributed by atoms with Crippen molar-refractivity contribution < 1.29 is 4.79 Å². The number of amides is 1. The third-order valence-corrected chi connectivity index (χ3v) is 4.11. The van der Waals surface area contributed by atoms with Crippen LogP contribution in [0.25, 0.3) is 0 Å². The maximum Gasteiger partial charge on any atom is 0.233 e. The summed E-state index contributed by atoms with van der Waals surface area (Å²) >= 11 is 1.68. The van der Waals surface area contributed by atoms with E-state index in [0.29, 0.717) is 18.8 Å². The number of hydrogen-bond acceptors (Lipinski definition) is 3. The second kappa shape index (κ2) is 5.56. The van der Waals surface area contributed by atoms with Crippen molar-refractivity contribution in [3.8, 4) is 0 Å². The summed E-state index contributed by atoms with van der Waals surface area (Å²) in [6, 6.07) is 8.50. The molecule has 1 aromatic carbocycles. The van der Waals surface area contributed by atoms with Crippen molar-refractivity contribution in [3.63, 3.8) is 0 Å². The average molecular weight is 250 g/mol. The number of nitrogens with two attached hydrogens (primary N) is 1. The van der Waals surface area contributed by atoms with Crippen LogP contribution in [0.2, 0.25) is 0 Å². The molecule has 0 aromatic heterocycles. The number of benzene rings is 1. The van der Waals surface area contributed by atoms with Crippen LogP contribution in [0.5, 0.6) is 0 Å². The number of rotatable bonds is 3. The highest BCUT2D eigenvalue weighted by Crippen LogP contribution is 2.19. The van der Waals surface area contributed by atoms with E-state index in [9.17, 15) is 4.79 Å². The topological polar surface area (TPSA) is 46.3 Å².